The van der Waals surface area contributed by atoms with E-state index < -0.39 is 33.2 Å². The molecular weight excluding hydrogens is 420 g/mol. The Hall–Kier alpha value is -4.02. The number of anilines is 2. The van der Waals surface area contributed by atoms with Crippen molar-refractivity contribution < 1.29 is 24.2 Å². The number of benzene rings is 2. The molecule has 1 aliphatic heterocycles. The van der Waals surface area contributed by atoms with Crippen molar-refractivity contribution in [1.29, 1.82) is 0 Å². The zero-order chi connectivity index (χ0) is 23.4. The van der Waals surface area contributed by atoms with Crippen LogP contribution in [-0.4, -0.2) is 34.3 Å². The molecule has 2 aromatic rings. The summed E-state index contributed by atoms with van der Waals surface area (Å²) in [5, 5.41) is 24.7. The molecule has 0 aliphatic carbocycles. The number of fused-ring (bicyclic) bond motifs is 1. The second-order valence-electron chi connectivity index (χ2n) is 7.35. The van der Waals surface area contributed by atoms with Gasteiger partial charge in [0.15, 0.2) is 6.10 Å². The van der Waals surface area contributed by atoms with Crippen LogP contribution in [-0.2, 0) is 4.79 Å². The molecule has 11 nitrogen and oxygen atoms in total. The van der Waals surface area contributed by atoms with E-state index in [2.05, 4.69) is 12.2 Å². The Kier molecular flexibility index (Phi) is 6.67. The fourth-order valence-corrected chi connectivity index (χ4v) is 3.38. The first kappa shape index (κ1) is 22.7. The Morgan fingerprint density at radius 1 is 1.09 bits per heavy atom. The Morgan fingerprint density at radius 3 is 2.34 bits per heavy atom. The molecule has 0 radical (unpaired) electrons. The fraction of sp³-hybridized carbons (Fsp3) is 0.333. The third-order valence-corrected chi connectivity index (χ3v) is 5.00. The highest BCUT2D eigenvalue weighted by Gasteiger charge is 2.31. The highest BCUT2D eigenvalue weighted by Crippen LogP contribution is 2.37. The van der Waals surface area contributed by atoms with Crippen LogP contribution in [0.5, 0.6) is 5.75 Å². The van der Waals surface area contributed by atoms with Crippen molar-refractivity contribution in [3.8, 4) is 5.75 Å². The van der Waals surface area contributed by atoms with Gasteiger partial charge >= 0.3 is 0 Å². The minimum Gasteiger partial charge on any atom is -0.479 e. The van der Waals surface area contributed by atoms with Gasteiger partial charge in [-0.3, -0.25) is 29.8 Å². The number of nitro benzene ring substituents is 2. The maximum atomic E-state index is 12.7. The number of ether oxygens (including phenoxy) is 1. The van der Waals surface area contributed by atoms with Gasteiger partial charge in [0.2, 0.25) is 0 Å². The van der Waals surface area contributed by atoms with E-state index in [1.807, 2.05) is 0 Å². The molecule has 0 spiro atoms. The van der Waals surface area contributed by atoms with Crippen molar-refractivity contribution in [3.63, 3.8) is 0 Å². The number of rotatable bonds is 8. The molecule has 0 fully saturated rings. The second-order valence-corrected chi connectivity index (χ2v) is 7.35. The molecule has 0 saturated carbocycles. The van der Waals surface area contributed by atoms with Crippen molar-refractivity contribution >= 4 is 34.6 Å². The number of unbranched alkanes of at least 4 members (excludes halogenated alkanes) is 2. The van der Waals surface area contributed by atoms with Crippen LogP contribution in [0.1, 0.15) is 43.5 Å². The predicted octanol–water partition coefficient (Wildman–Crippen LogP) is 4.06. The van der Waals surface area contributed by atoms with Crippen molar-refractivity contribution in [3.05, 3.63) is 62.2 Å². The molecule has 11 heteroatoms. The summed E-state index contributed by atoms with van der Waals surface area (Å²) >= 11 is 0. The standard InChI is InChI=1S/C21H22N4O7/c1-3-4-5-8-23-18-11-15(6-7-19(18)32-13(2)21(23)27)22-20(26)14-9-16(24(28)29)12-17(10-14)25(30)31/h6-7,9-13H,3-5,8H2,1-2H3,(H,22,26). The molecule has 1 aliphatic rings. The van der Waals surface area contributed by atoms with E-state index in [-0.39, 0.29) is 11.5 Å². The van der Waals surface area contributed by atoms with E-state index in [1.165, 1.54) is 0 Å². The van der Waals surface area contributed by atoms with E-state index >= 15 is 0 Å². The van der Waals surface area contributed by atoms with Gasteiger partial charge in [-0.15, -0.1) is 0 Å². The number of carbonyl (C=O) groups excluding carboxylic acids is 2. The zero-order valence-corrected chi connectivity index (χ0v) is 17.6. The van der Waals surface area contributed by atoms with Gasteiger partial charge in [-0.2, -0.15) is 0 Å². The number of amides is 2. The van der Waals surface area contributed by atoms with Crippen LogP contribution >= 0.6 is 0 Å². The molecular formula is C21H22N4O7. The lowest BCUT2D eigenvalue weighted by Gasteiger charge is -2.33. The molecule has 0 aromatic heterocycles. The normalized spacial score (nSPS) is 15.0. The first-order valence-electron chi connectivity index (χ1n) is 10.1. The van der Waals surface area contributed by atoms with Gasteiger partial charge < -0.3 is 15.0 Å². The summed E-state index contributed by atoms with van der Waals surface area (Å²) in [7, 11) is 0. The van der Waals surface area contributed by atoms with Gasteiger partial charge in [0.1, 0.15) is 5.75 Å². The molecule has 0 bridgehead atoms. The summed E-state index contributed by atoms with van der Waals surface area (Å²) in [6.45, 7) is 4.23. The smallest absolute Gasteiger partial charge is 0.277 e. The Morgan fingerprint density at radius 2 is 1.75 bits per heavy atom. The van der Waals surface area contributed by atoms with Crippen LogP contribution in [0.4, 0.5) is 22.7 Å². The van der Waals surface area contributed by atoms with E-state index in [9.17, 15) is 29.8 Å². The van der Waals surface area contributed by atoms with Crippen LogP contribution < -0.4 is 15.0 Å². The first-order valence-corrected chi connectivity index (χ1v) is 10.1. The average Bonchev–Trinajstić information content (AvgIpc) is 2.76. The highest BCUT2D eigenvalue weighted by molar-refractivity contribution is 6.06. The SMILES string of the molecule is CCCCCN1C(=O)C(C)Oc2ccc(NC(=O)c3cc([N+](=O)[O-])cc([N+](=O)[O-])c3)cc21. The summed E-state index contributed by atoms with van der Waals surface area (Å²) in [4.78, 5) is 47.4. The molecule has 3 rings (SSSR count). The van der Waals surface area contributed by atoms with Crippen LogP contribution in [0, 0.1) is 20.2 Å². The van der Waals surface area contributed by atoms with Crippen molar-refractivity contribution in [2.75, 3.05) is 16.8 Å². The number of hydrogen-bond acceptors (Lipinski definition) is 7. The van der Waals surface area contributed by atoms with Crippen LogP contribution in [0.25, 0.3) is 0 Å². The summed E-state index contributed by atoms with van der Waals surface area (Å²) in [5.41, 5.74) is -0.541. The summed E-state index contributed by atoms with van der Waals surface area (Å²) in [6, 6.07) is 7.48. The number of hydrogen-bond donors (Lipinski definition) is 1. The van der Waals surface area contributed by atoms with Crippen LogP contribution in [0.2, 0.25) is 0 Å². The van der Waals surface area contributed by atoms with Crippen LogP contribution in [0.3, 0.4) is 0 Å². The molecule has 168 valence electrons. The number of nitro groups is 2. The van der Waals surface area contributed by atoms with E-state index in [1.54, 1.807) is 30.0 Å². The Balaban J connectivity index is 1.89. The third-order valence-electron chi connectivity index (χ3n) is 5.00. The van der Waals surface area contributed by atoms with Crippen molar-refractivity contribution in [2.45, 2.75) is 39.2 Å². The van der Waals surface area contributed by atoms with Crippen molar-refractivity contribution in [2.24, 2.45) is 0 Å². The minimum absolute atomic E-state index is 0.189. The second kappa shape index (κ2) is 9.41. The number of nitrogens with zero attached hydrogens (tertiary/aromatic N) is 3. The molecule has 1 heterocycles. The lowest BCUT2D eigenvalue weighted by Crippen LogP contribution is -2.44. The van der Waals surface area contributed by atoms with Gasteiger partial charge in [-0.1, -0.05) is 19.8 Å². The quantitative estimate of drug-likeness (QED) is 0.368. The first-order chi connectivity index (χ1) is 15.2. The van der Waals surface area contributed by atoms with E-state index in [0.717, 1.165) is 37.5 Å². The summed E-state index contributed by atoms with van der Waals surface area (Å²) in [5.74, 6) is -0.449. The largest absolute Gasteiger partial charge is 0.479 e. The Labute approximate surface area is 183 Å². The molecule has 1 unspecified atom stereocenters. The molecule has 2 aromatic carbocycles. The number of carbonyl (C=O) groups is 2. The molecule has 1 N–H and O–H groups in total. The molecule has 0 saturated heterocycles. The van der Waals surface area contributed by atoms with Gasteiger partial charge in [-0.25, -0.2) is 0 Å². The number of non-ortho nitro benzene ring substituents is 2. The topological polar surface area (TPSA) is 145 Å². The summed E-state index contributed by atoms with van der Waals surface area (Å²) < 4.78 is 5.66. The predicted molar refractivity (Wildman–Crippen MR) is 116 cm³/mol. The maximum absolute atomic E-state index is 12.7. The van der Waals surface area contributed by atoms with Crippen molar-refractivity contribution in [1.82, 2.24) is 0 Å². The monoisotopic (exact) mass is 442 g/mol. The van der Waals surface area contributed by atoms with Crippen LogP contribution in [0.15, 0.2) is 36.4 Å². The van der Waals surface area contributed by atoms with Gasteiger partial charge in [-0.05, 0) is 31.5 Å². The van der Waals surface area contributed by atoms with E-state index in [0.29, 0.717) is 23.7 Å². The van der Waals surface area contributed by atoms with Gasteiger partial charge in [0.05, 0.1) is 27.2 Å². The average molecular weight is 442 g/mol. The third kappa shape index (κ3) is 4.82. The van der Waals surface area contributed by atoms with E-state index in [4.69, 9.17) is 4.74 Å². The highest BCUT2D eigenvalue weighted by atomic mass is 16.6. The lowest BCUT2D eigenvalue weighted by molar-refractivity contribution is -0.394. The molecule has 32 heavy (non-hydrogen) atoms. The maximum Gasteiger partial charge on any atom is 0.277 e. The summed E-state index contributed by atoms with van der Waals surface area (Å²) in [6.07, 6.45) is 2.13. The fourth-order valence-electron chi connectivity index (χ4n) is 3.38. The zero-order valence-electron chi connectivity index (χ0n) is 17.6. The number of nitrogens with one attached hydrogen (secondary N) is 1. The Bertz CT molecular complexity index is 1050. The van der Waals surface area contributed by atoms with Gasteiger partial charge in [0.25, 0.3) is 23.2 Å². The minimum atomic E-state index is -0.805. The molecule has 1 atom stereocenters. The van der Waals surface area contributed by atoms with Gasteiger partial charge in [0, 0.05) is 24.4 Å². The molecule has 2 amide bonds. The lowest BCUT2D eigenvalue weighted by atomic mass is 10.1.